The van der Waals surface area contributed by atoms with Crippen molar-refractivity contribution in [2.24, 2.45) is 0 Å². The van der Waals surface area contributed by atoms with Gasteiger partial charge in [0, 0.05) is 12.8 Å². The molecule has 0 unspecified atom stereocenters. The summed E-state index contributed by atoms with van der Waals surface area (Å²) in [6.45, 7) is -0.337. The average molecular weight is 546 g/mol. The molecule has 0 aliphatic heterocycles. The molecule has 0 aromatic heterocycles. The minimum absolute atomic E-state index is 0.0107. The van der Waals surface area contributed by atoms with Gasteiger partial charge in [-0.2, -0.15) is 0 Å². The average Bonchev–Trinajstić information content (AvgIpc) is 2.99. The summed E-state index contributed by atoms with van der Waals surface area (Å²) in [6, 6.07) is 28.4. The fraction of sp³-hybridized carbons (Fsp3) is 0.290. The zero-order valence-electron chi connectivity index (χ0n) is 22.3. The Balaban J connectivity index is 1.44. The summed E-state index contributed by atoms with van der Waals surface area (Å²) < 4.78 is 10.5. The molecule has 0 saturated carbocycles. The molecule has 3 rings (SSSR count). The predicted octanol–water partition coefficient (Wildman–Crippen LogP) is 3.32. The monoisotopic (exact) mass is 545 g/mol. The number of nitrogens with one attached hydrogen (secondary N) is 3. The van der Waals surface area contributed by atoms with E-state index in [4.69, 9.17) is 9.47 Å². The minimum atomic E-state index is -0.823. The number of carbonyl (C=O) groups excluding carboxylic acids is 4. The second-order valence-electron chi connectivity index (χ2n) is 9.11. The van der Waals surface area contributed by atoms with E-state index in [2.05, 4.69) is 16.0 Å². The number of hydrogen-bond donors (Lipinski definition) is 3. The Labute approximate surface area is 234 Å². The summed E-state index contributed by atoms with van der Waals surface area (Å²) in [5, 5.41) is 7.88. The molecular formula is C31H35N3O6. The maximum Gasteiger partial charge on any atom is 0.407 e. The van der Waals surface area contributed by atoms with Gasteiger partial charge in [-0.1, -0.05) is 91.0 Å². The Bertz CT molecular complexity index is 1150. The molecule has 0 heterocycles. The van der Waals surface area contributed by atoms with E-state index in [1.807, 2.05) is 91.0 Å². The van der Waals surface area contributed by atoms with Gasteiger partial charge in [-0.3, -0.25) is 14.4 Å². The lowest BCUT2D eigenvalue weighted by molar-refractivity contribution is -0.148. The number of esters is 1. The SMILES string of the molecule is O=C(CCc1ccccc1)NCC(CNC(=O)CCc1ccccc1)OC(=O)CNC(=O)OCc1ccccc1. The molecule has 0 atom stereocenters. The van der Waals surface area contributed by atoms with Crippen LogP contribution in [0.15, 0.2) is 91.0 Å². The predicted molar refractivity (Wildman–Crippen MR) is 150 cm³/mol. The molecule has 0 bridgehead atoms. The van der Waals surface area contributed by atoms with Crippen LogP contribution in [0.2, 0.25) is 0 Å². The van der Waals surface area contributed by atoms with Gasteiger partial charge in [0.25, 0.3) is 0 Å². The van der Waals surface area contributed by atoms with Crippen LogP contribution >= 0.6 is 0 Å². The van der Waals surface area contributed by atoms with Crippen molar-refractivity contribution in [3.63, 3.8) is 0 Å². The van der Waals surface area contributed by atoms with E-state index in [0.29, 0.717) is 12.8 Å². The van der Waals surface area contributed by atoms with Crippen LogP contribution in [0, 0.1) is 0 Å². The van der Waals surface area contributed by atoms with Crippen LogP contribution in [0.1, 0.15) is 29.5 Å². The van der Waals surface area contributed by atoms with E-state index < -0.39 is 24.7 Å². The van der Waals surface area contributed by atoms with Crippen molar-refractivity contribution in [2.75, 3.05) is 19.6 Å². The highest BCUT2D eigenvalue weighted by atomic mass is 16.6. The fourth-order valence-corrected chi connectivity index (χ4v) is 3.74. The summed E-state index contributed by atoms with van der Waals surface area (Å²) in [6.07, 6.45) is 0.0908. The Kier molecular flexibility index (Phi) is 12.7. The van der Waals surface area contributed by atoms with Crippen LogP contribution < -0.4 is 16.0 Å². The van der Waals surface area contributed by atoms with Gasteiger partial charge in [-0.25, -0.2) is 4.79 Å². The van der Waals surface area contributed by atoms with Crippen molar-refractivity contribution in [2.45, 2.75) is 38.4 Å². The van der Waals surface area contributed by atoms with Crippen LogP contribution in [0.4, 0.5) is 4.79 Å². The summed E-state index contributed by atoms with van der Waals surface area (Å²) >= 11 is 0. The molecule has 0 saturated heterocycles. The molecule has 9 heteroatoms. The number of alkyl carbamates (subject to hydrolysis) is 1. The number of hydrogen-bond acceptors (Lipinski definition) is 6. The van der Waals surface area contributed by atoms with Crippen LogP contribution in [0.25, 0.3) is 0 Å². The second-order valence-corrected chi connectivity index (χ2v) is 9.11. The summed E-state index contributed by atoms with van der Waals surface area (Å²) in [7, 11) is 0. The van der Waals surface area contributed by atoms with E-state index in [-0.39, 0.29) is 44.4 Å². The number of rotatable bonds is 15. The zero-order valence-corrected chi connectivity index (χ0v) is 22.3. The van der Waals surface area contributed by atoms with Crippen LogP contribution in [0.3, 0.4) is 0 Å². The lowest BCUT2D eigenvalue weighted by Crippen LogP contribution is -2.44. The van der Waals surface area contributed by atoms with Gasteiger partial charge in [0.1, 0.15) is 19.3 Å². The van der Waals surface area contributed by atoms with Crippen LogP contribution in [0.5, 0.6) is 0 Å². The van der Waals surface area contributed by atoms with Crippen molar-refractivity contribution >= 4 is 23.9 Å². The maximum atomic E-state index is 12.4. The molecule has 210 valence electrons. The van der Waals surface area contributed by atoms with Gasteiger partial charge < -0.3 is 25.4 Å². The first kappa shape index (κ1) is 29.9. The third-order valence-corrected chi connectivity index (χ3v) is 5.91. The topological polar surface area (TPSA) is 123 Å². The number of aryl methyl sites for hydroxylation is 2. The highest BCUT2D eigenvalue weighted by Gasteiger charge is 2.18. The van der Waals surface area contributed by atoms with Crippen LogP contribution in [-0.4, -0.2) is 49.6 Å². The van der Waals surface area contributed by atoms with Crippen LogP contribution in [-0.2, 0) is 43.3 Å². The first-order valence-corrected chi connectivity index (χ1v) is 13.2. The third-order valence-electron chi connectivity index (χ3n) is 5.91. The lowest BCUT2D eigenvalue weighted by atomic mass is 10.1. The first-order chi connectivity index (χ1) is 19.5. The fourth-order valence-electron chi connectivity index (χ4n) is 3.74. The van der Waals surface area contributed by atoms with Crippen molar-refractivity contribution in [3.05, 3.63) is 108 Å². The molecular weight excluding hydrogens is 510 g/mol. The Morgan fingerprint density at radius 3 is 1.52 bits per heavy atom. The molecule has 0 fully saturated rings. The van der Waals surface area contributed by atoms with Gasteiger partial charge in [0.2, 0.25) is 11.8 Å². The Hall–Kier alpha value is -4.66. The molecule has 3 aromatic carbocycles. The number of amides is 3. The van der Waals surface area contributed by atoms with Gasteiger partial charge in [0.05, 0.1) is 13.1 Å². The maximum absolute atomic E-state index is 12.4. The highest BCUT2D eigenvalue weighted by molar-refractivity contribution is 5.79. The first-order valence-electron chi connectivity index (χ1n) is 13.2. The van der Waals surface area contributed by atoms with E-state index in [1.165, 1.54) is 0 Å². The molecule has 40 heavy (non-hydrogen) atoms. The molecule has 3 aromatic rings. The molecule has 0 radical (unpaired) electrons. The molecule has 0 aliphatic carbocycles. The summed E-state index contributed by atoms with van der Waals surface area (Å²) in [5.41, 5.74) is 2.89. The number of benzene rings is 3. The normalized spacial score (nSPS) is 10.4. The highest BCUT2D eigenvalue weighted by Crippen LogP contribution is 2.04. The summed E-state index contributed by atoms with van der Waals surface area (Å²) in [5.74, 6) is -1.13. The standard InChI is InChI=1S/C31H35N3O6/c35-28(18-16-24-10-4-1-5-11-24)32-20-27(21-33-29(36)19-17-25-12-6-2-7-13-25)40-30(37)22-34-31(38)39-23-26-14-8-3-9-15-26/h1-15,27H,16-23H2,(H,32,35)(H,33,36)(H,34,38). The Morgan fingerprint density at radius 2 is 1.05 bits per heavy atom. The van der Waals surface area contributed by atoms with Crippen molar-refractivity contribution < 1.29 is 28.7 Å². The minimum Gasteiger partial charge on any atom is -0.457 e. The van der Waals surface area contributed by atoms with Crippen molar-refractivity contribution in [3.8, 4) is 0 Å². The molecule has 0 aliphatic rings. The zero-order chi connectivity index (χ0) is 28.4. The van der Waals surface area contributed by atoms with Gasteiger partial charge in [-0.15, -0.1) is 0 Å². The van der Waals surface area contributed by atoms with Gasteiger partial charge in [-0.05, 0) is 29.5 Å². The Morgan fingerprint density at radius 1 is 0.600 bits per heavy atom. The third kappa shape index (κ3) is 12.3. The number of carbonyl (C=O) groups is 4. The lowest BCUT2D eigenvalue weighted by Gasteiger charge is -2.19. The largest absolute Gasteiger partial charge is 0.457 e. The molecule has 3 amide bonds. The molecule has 9 nitrogen and oxygen atoms in total. The van der Waals surface area contributed by atoms with Gasteiger partial charge in [0.15, 0.2) is 0 Å². The smallest absolute Gasteiger partial charge is 0.407 e. The summed E-state index contributed by atoms with van der Waals surface area (Å²) in [4.78, 5) is 49.2. The van der Waals surface area contributed by atoms with Gasteiger partial charge >= 0.3 is 12.1 Å². The number of ether oxygens (including phenoxy) is 2. The van der Waals surface area contributed by atoms with E-state index in [0.717, 1.165) is 16.7 Å². The van der Waals surface area contributed by atoms with E-state index in [9.17, 15) is 19.2 Å². The molecule has 3 N–H and O–H groups in total. The van der Waals surface area contributed by atoms with E-state index in [1.54, 1.807) is 0 Å². The van der Waals surface area contributed by atoms with Crippen molar-refractivity contribution in [1.82, 2.24) is 16.0 Å². The van der Waals surface area contributed by atoms with E-state index >= 15 is 0 Å². The second kappa shape index (κ2) is 17.0. The van der Waals surface area contributed by atoms with Crippen molar-refractivity contribution in [1.29, 1.82) is 0 Å². The quantitative estimate of drug-likeness (QED) is 0.252. The molecule has 0 spiro atoms.